The quantitative estimate of drug-likeness (QED) is 0.262. The van der Waals surface area contributed by atoms with Gasteiger partial charge in [-0.1, -0.05) is 38.3 Å². The second-order valence-electron chi connectivity index (χ2n) is 5.99. The van der Waals surface area contributed by atoms with Crippen LogP contribution in [0.5, 0.6) is 11.5 Å². The van der Waals surface area contributed by atoms with E-state index in [4.69, 9.17) is 14.7 Å². The molecule has 0 saturated carbocycles. The Kier molecular flexibility index (Phi) is 8.05. The van der Waals surface area contributed by atoms with Crippen molar-refractivity contribution in [2.45, 2.75) is 32.6 Å². The molecule has 0 saturated heterocycles. The third-order valence-electron chi connectivity index (χ3n) is 3.84. The van der Waals surface area contributed by atoms with E-state index in [-0.39, 0.29) is 11.3 Å². The second kappa shape index (κ2) is 10.8. The minimum Gasteiger partial charge on any atom is -0.494 e. The van der Waals surface area contributed by atoms with Crippen molar-refractivity contribution in [1.82, 2.24) is 0 Å². The van der Waals surface area contributed by atoms with Crippen LogP contribution in [0.2, 0.25) is 0 Å². The summed E-state index contributed by atoms with van der Waals surface area (Å²) in [6.07, 6.45) is 7.49. The van der Waals surface area contributed by atoms with E-state index in [1.54, 1.807) is 12.1 Å². The number of rotatable bonds is 9. The minimum atomic E-state index is -0.725. The van der Waals surface area contributed by atoms with Crippen LogP contribution in [0.3, 0.4) is 0 Å². The summed E-state index contributed by atoms with van der Waals surface area (Å²) in [6.45, 7) is 2.87. The highest BCUT2D eigenvalue weighted by Crippen LogP contribution is 2.17. The number of ether oxygens (including phenoxy) is 2. The predicted octanol–water partition coefficient (Wildman–Crippen LogP) is 5.28. The molecule has 0 heterocycles. The molecule has 0 unspecified atom stereocenters. The Bertz CT molecular complexity index is 822. The maximum Gasteiger partial charge on any atom is 0.336 e. The van der Waals surface area contributed by atoms with Gasteiger partial charge >= 0.3 is 5.97 Å². The van der Waals surface area contributed by atoms with Crippen LogP contribution < -0.4 is 9.47 Å². The first-order valence-corrected chi connectivity index (χ1v) is 8.94. The molecule has 0 N–H and O–H groups in total. The maximum atomic E-state index is 13.5. The number of carbonyl (C=O) groups is 1. The fraction of sp³-hybridized carbons (Fsp3) is 0.273. The molecular weight excluding hydrogens is 345 g/mol. The van der Waals surface area contributed by atoms with Crippen LogP contribution in [0.4, 0.5) is 4.39 Å². The van der Waals surface area contributed by atoms with Crippen molar-refractivity contribution in [2.24, 2.45) is 0 Å². The summed E-state index contributed by atoms with van der Waals surface area (Å²) in [5.41, 5.74) is 0.717. The maximum absolute atomic E-state index is 13.5. The van der Waals surface area contributed by atoms with Crippen LogP contribution in [0.1, 0.15) is 43.7 Å². The zero-order valence-corrected chi connectivity index (χ0v) is 15.3. The van der Waals surface area contributed by atoms with Crippen LogP contribution >= 0.6 is 0 Å². The van der Waals surface area contributed by atoms with Gasteiger partial charge in [0.15, 0.2) is 0 Å². The number of esters is 1. The van der Waals surface area contributed by atoms with Gasteiger partial charge in [-0.25, -0.2) is 9.18 Å². The van der Waals surface area contributed by atoms with Gasteiger partial charge in [0, 0.05) is 12.1 Å². The number of unbranched alkanes of at least 4 members (excludes halogenated alkanes) is 3. The molecule has 4 nitrogen and oxygen atoms in total. The summed E-state index contributed by atoms with van der Waals surface area (Å²) < 4.78 is 24.2. The normalized spacial score (nSPS) is 10.6. The standard InChI is InChI=1S/C22H22FNO3/c1-2-3-4-5-14-26-19-10-6-17(7-11-19)8-13-22(25)27-20-12-9-18(16-24)21(23)15-20/h6-13,15H,2-5,14H2,1H3/b13-8+. The van der Waals surface area contributed by atoms with E-state index < -0.39 is 11.8 Å². The summed E-state index contributed by atoms with van der Waals surface area (Å²) in [7, 11) is 0. The molecule has 0 atom stereocenters. The van der Waals surface area contributed by atoms with Crippen molar-refractivity contribution in [3.63, 3.8) is 0 Å². The average Bonchev–Trinajstić information content (AvgIpc) is 2.67. The van der Waals surface area contributed by atoms with E-state index in [1.165, 1.54) is 37.5 Å². The summed E-state index contributed by atoms with van der Waals surface area (Å²) >= 11 is 0. The Hall–Kier alpha value is -3.13. The molecule has 2 rings (SSSR count). The third-order valence-corrected chi connectivity index (χ3v) is 3.84. The number of hydrogen-bond acceptors (Lipinski definition) is 4. The van der Waals surface area contributed by atoms with E-state index in [0.717, 1.165) is 23.8 Å². The molecular formula is C22H22FNO3. The average molecular weight is 367 g/mol. The Morgan fingerprint density at radius 3 is 2.52 bits per heavy atom. The summed E-state index contributed by atoms with van der Waals surface area (Å²) in [5, 5.41) is 8.69. The molecule has 0 amide bonds. The van der Waals surface area contributed by atoms with Crippen molar-refractivity contribution in [2.75, 3.05) is 6.61 Å². The van der Waals surface area contributed by atoms with Gasteiger partial charge in [0.25, 0.3) is 0 Å². The van der Waals surface area contributed by atoms with Crippen LogP contribution in [-0.4, -0.2) is 12.6 Å². The molecule has 0 aromatic heterocycles. The molecule has 0 aliphatic carbocycles. The highest BCUT2D eigenvalue weighted by Gasteiger charge is 2.06. The van der Waals surface area contributed by atoms with Gasteiger partial charge < -0.3 is 9.47 Å². The number of nitrogens with zero attached hydrogens (tertiary/aromatic N) is 1. The van der Waals surface area contributed by atoms with Crippen LogP contribution in [-0.2, 0) is 4.79 Å². The largest absolute Gasteiger partial charge is 0.494 e. The number of halogens is 1. The second-order valence-corrected chi connectivity index (χ2v) is 5.99. The van der Waals surface area contributed by atoms with Gasteiger partial charge in [0.05, 0.1) is 12.2 Å². The van der Waals surface area contributed by atoms with Crippen LogP contribution in [0, 0.1) is 17.1 Å². The monoisotopic (exact) mass is 367 g/mol. The first-order chi connectivity index (χ1) is 13.1. The molecule has 0 spiro atoms. The van der Waals surface area contributed by atoms with Gasteiger partial charge in [-0.3, -0.25) is 0 Å². The molecule has 0 bridgehead atoms. The number of nitriles is 1. The van der Waals surface area contributed by atoms with Gasteiger partial charge in [-0.05, 0) is 42.3 Å². The van der Waals surface area contributed by atoms with E-state index in [9.17, 15) is 9.18 Å². The lowest BCUT2D eigenvalue weighted by Gasteiger charge is -2.06. The summed E-state index contributed by atoms with van der Waals surface area (Å²) in [4.78, 5) is 11.8. The topological polar surface area (TPSA) is 59.3 Å². The van der Waals surface area contributed by atoms with Crippen molar-refractivity contribution in [3.8, 4) is 17.6 Å². The number of carbonyl (C=O) groups excluding carboxylic acids is 1. The van der Waals surface area contributed by atoms with Crippen LogP contribution in [0.25, 0.3) is 6.08 Å². The zero-order chi connectivity index (χ0) is 19.5. The van der Waals surface area contributed by atoms with Gasteiger partial charge in [0.2, 0.25) is 0 Å². The van der Waals surface area contributed by atoms with Crippen molar-refractivity contribution in [3.05, 3.63) is 65.5 Å². The van der Waals surface area contributed by atoms with Crippen molar-refractivity contribution in [1.29, 1.82) is 5.26 Å². The number of hydrogen-bond donors (Lipinski definition) is 0. The molecule has 27 heavy (non-hydrogen) atoms. The molecule has 2 aromatic rings. The zero-order valence-electron chi connectivity index (χ0n) is 15.3. The highest BCUT2D eigenvalue weighted by atomic mass is 19.1. The van der Waals surface area contributed by atoms with Crippen molar-refractivity contribution < 1.29 is 18.7 Å². The van der Waals surface area contributed by atoms with E-state index >= 15 is 0 Å². The summed E-state index contributed by atoms with van der Waals surface area (Å²) in [5.74, 6) is -0.514. The van der Waals surface area contributed by atoms with Gasteiger partial charge in [-0.2, -0.15) is 5.26 Å². The lowest BCUT2D eigenvalue weighted by Crippen LogP contribution is -2.04. The molecule has 0 aliphatic rings. The molecule has 140 valence electrons. The molecule has 0 fully saturated rings. The summed E-state index contributed by atoms with van der Waals surface area (Å²) in [6, 6.07) is 12.7. The predicted molar refractivity (Wildman–Crippen MR) is 102 cm³/mol. The van der Waals surface area contributed by atoms with Gasteiger partial charge in [0.1, 0.15) is 23.4 Å². The van der Waals surface area contributed by atoms with E-state index in [2.05, 4.69) is 6.92 Å². The lowest BCUT2D eigenvalue weighted by atomic mass is 10.2. The Morgan fingerprint density at radius 2 is 1.85 bits per heavy atom. The minimum absolute atomic E-state index is 0.0490. The van der Waals surface area contributed by atoms with Crippen LogP contribution in [0.15, 0.2) is 48.5 Å². The lowest BCUT2D eigenvalue weighted by molar-refractivity contribution is -0.128. The molecule has 0 radical (unpaired) electrons. The van der Waals surface area contributed by atoms with E-state index in [1.807, 2.05) is 24.3 Å². The Labute approximate surface area is 158 Å². The molecule has 5 heteroatoms. The van der Waals surface area contributed by atoms with E-state index in [0.29, 0.717) is 6.61 Å². The third kappa shape index (κ3) is 6.95. The first-order valence-electron chi connectivity index (χ1n) is 8.94. The highest BCUT2D eigenvalue weighted by molar-refractivity contribution is 5.88. The first kappa shape index (κ1) is 20.2. The Balaban J connectivity index is 1.83. The molecule has 0 aliphatic heterocycles. The molecule has 2 aromatic carbocycles. The van der Waals surface area contributed by atoms with Crippen molar-refractivity contribution >= 4 is 12.0 Å². The number of benzene rings is 2. The smallest absolute Gasteiger partial charge is 0.336 e. The van der Waals surface area contributed by atoms with Gasteiger partial charge in [-0.15, -0.1) is 0 Å². The Morgan fingerprint density at radius 1 is 1.11 bits per heavy atom. The fourth-order valence-electron chi connectivity index (χ4n) is 2.36. The fourth-order valence-corrected chi connectivity index (χ4v) is 2.36. The SMILES string of the molecule is CCCCCCOc1ccc(/C=C/C(=O)Oc2ccc(C#N)c(F)c2)cc1.